The van der Waals surface area contributed by atoms with Crippen LogP contribution < -0.4 is 0 Å². The summed E-state index contributed by atoms with van der Waals surface area (Å²) in [6.45, 7) is 5.76. The molecule has 1 aliphatic rings. The summed E-state index contributed by atoms with van der Waals surface area (Å²) in [6.07, 6.45) is 0. The lowest BCUT2D eigenvalue weighted by atomic mass is 9.97. The summed E-state index contributed by atoms with van der Waals surface area (Å²) < 4.78 is 51.2. The monoisotopic (exact) mass is 449 g/mol. The van der Waals surface area contributed by atoms with Crippen LogP contribution in [0.5, 0.6) is 0 Å². The average molecular weight is 450 g/mol. The fraction of sp³-hybridized carbons (Fsp3) is 0.364. The number of morpholine rings is 1. The van der Waals surface area contributed by atoms with Gasteiger partial charge >= 0.3 is 5.97 Å². The molecule has 0 amide bonds. The minimum atomic E-state index is -3.91. The summed E-state index contributed by atoms with van der Waals surface area (Å²) in [5.74, 6) is -2.45. The summed E-state index contributed by atoms with van der Waals surface area (Å²) in [5.41, 5.74) is 2.41. The van der Waals surface area contributed by atoms with E-state index in [-0.39, 0.29) is 31.2 Å². The van der Waals surface area contributed by atoms with E-state index in [1.807, 2.05) is 19.1 Å². The molecule has 0 bridgehead atoms. The van der Waals surface area contributed by atoms with E-state index in [0.29, 0.717) is 5.56 Å². The van der Waals surface area contributed by atoms with Crippen LogP contribution in [0.1, 0.15) is 37.4 Å². The molecule has 0 atom stereocenters. The molecule has 1 saturated heterocycles. The van der Waals surface area contributed by atoms with E-state index in [9.17, 15) is 22.4 Å². The molecule has 0 saturated carbocycles. The molecule has 7 nitrogen and oxygen atoms in total. The van der Waals surface area contributed by atoms with Crippen LogP contribution >= 0.6 is 0 Å². The number of hydrogen-bond donors (Lipinski definition) is 0. The minimum absolute atomic E-state index is 0.170. The zero-order valence-electron chi connectivity index (χ0n) is 17.6. The lowest BCUT2D eigenvalue weighted by Crippen LogP contribution is -2.40. The Bertz CT molecular complexity index is 1100. The molecule has 0 aliphatic carbocycles. The number of aryl methyl sites for hydroxylation is 3. The number of esters is 1. The van der Waals surface area contributed by atoms with Crippen molar-refractivity contribution in [3.8, 4) is 0 Å². The lowest BCUT2D eigenvalue weighted by molar-refractivity contribution is 0.0469. The highest BCUT2D eigenvalue weighted by Crippen LogP contribution is 2.22. The molecule has 0 spiro atoms. The van der Waals surface area contributed by atoms with Gasteiger partial charge in [0.2, 0.25) is 15.8 Å². The van der Waals surface area contributed by atoms with Gasteiger partial charge in [-0.05, 0) is 50.1 Å². The Kier molecular flexibility index (Phi) is 6.88. The number of ketones is 1. The number of hydrogen-bond acceptors (Lipinski definition) is 6. The molecule has 0 radical (unpaired) electrons. The van der Waals surface area contributed by atoms with E-state index in [1.165, 1.54) is 4.31 Å². The van der Waals surface area contributed by atoms with E-state index in [0.717, 1.165) is 34.9 Å². The number of Topliss-reactive ketones (excluding diaryl/α,β-unsaturated/α-hetero) is 1. The van der Waals surface area contributed by atoms with E-state index < -0.39 is 39.8 Å². The zero-order chi connectivity index (χ0) is 22.8. The van der Waals surface area contributed by atoms with E-state index in [2.05, 4.69) is 0 Å². The van der Waals surface area contributed by atoms with Crippen LogP contribution in [0.15, 0.2) is 35.2 Å². The number of rotatable bonds is 6. The Balaban J connectivity index is 1.78. The van der Waals surface area contributed by atoms with E-state index >= 15 is 0 Å². The van der Waals surface area contributed by atoms with Crippen molar-refractivity contribution >= 4 is 21.8 Å². The van der Waals surface area contributed by atoms with Gasteiger partial charge in [0.05, 0.1) is 23.7 Å². The largest absolute Gasteiger partial charge is 0.454 e. The minimum Gasteiger partial charge on any atom is -0.454 e. The van der Waals surface area contributed by atoms with E-state index in [1.54, 1.807) is 13.8 Å². The maximum atomic E-state index is 14.3. The number of ether oxygens (including phenoxy) is 2. The summed E-state index contributed by atoms with van der Waals surface area (Å²) in [7, 11) is -3.91. The second-order valence-corrected chi connectivity index (χ2v) is 9.37. The number of sulfonamides is 1. The van der Waals surface area contributed by atoms with Gasteiger partial charge in [0.15, 0.2) is 6.61 Å². The number of benzene rings is 2. The SMILES string of the molecule is Cc1cc(C)c(C(=O)COC(=O)c2cc(S(=O)(=O)N3CCOCC3)ccc2F)c(C)c1. The van der Waals surface area contributed by atoms with Crippen LogP contribution in [0.25, 0.3) is 0 Å². The molecule has 1 aliphatic heterocycles. The standard InChI is InChI=1S/C22H24FNO6S/c1-14-10-15(2)21(16(3)11-14)20(25)13-30-22(26)18-12-17(4-5-19(18)23)31(27,28)24-6-8-29-9-7-24/h4-5,10-12H,6-9,13H2,1-3H3. The Morgan fingerprint density at radius 3 is 2.29 bits per heavy atom. The smallest absolute Gasteiger partial charge is 0.341 e. The van der Waals surface area contributed by atoms with Gasteiger partial charge in [-0.3, -0.25) is 4.79 Å². The maximum Gasteiger partial charge on any atom is 0.341 e. The van der Waals surface area contributed by atoms with Gasteiger partial charge in [-0.25, -0.2) is 17.6 Å². The van der Waals surface area contributed by atoms with Crippen molar-refractivity contribution in [1.82, 2.24) is 4.31 Å². The summed E-state index contributed by atoms with van der Waals surface area (Å²) in [4.78, 5) is 24.8. The normalized spacial score (nSPS) is 15.0. The molecule has 31 heavy (non-hydrogen) atoms. The molecule has 2 aromatic carbocycles. The van der Waals surface area contributed by atoms with Gasteiger partial charge < -0.3 is 9.47 Å². The van der Waals surface area contributed by atoms with Crippen LogP contribution in [0, 0.1) is 26.6 Å². The third-order valence-corrected chi connectivity index (χ3v) is 6.95. The lowest BCUT2D eigenvalue weighted by Gasteiger charge is -2.26. The van der Waals surface area contributed by atoms with Crippen molar-refractivity contribution in [3.63, 3.8) is 0 Å². The quantitative estimate of drug-likeness (QED) is 0.498. The van der Waals surface area contributed by atoms with Crippen LogP contribution in [-0.4, -0.2) is 57.4 Å². The number of halogens is 1. The first-order valence-electron chi connectivity index (χ1n) is 9.77. The van der Waals surface area contributed by atoms with Gasteiger partial charge in [-0.2, -0.15) is 4.31 Å². The molecule has 3 rings (SSSR count). The van der Waals surface area contributed by atoms with Gasteiger partial charge in [0, 0.05) is 18.7 Å². The van der Waals surface area contributed by atoms with Crippen molar-refractivity contribution < 1.29 is 31.9 Å². The molecular formula is C22H24FNO6S. The maximum absolute atomic E-state index is 14.3. The van der Waals surface area contributed by atoms with Crippen molar-refractivity contribution in [3.05, 3.63) is 64.0 Å². The molecule has 166 valence electrons. The third-order valence-electron chi connectivity index (χ3n) is 5.06. The van der Waals surface area contributed by atoms with Gasteiger partial charge in [0.1, 0.15) is 5.82 Å². The molecular weight excluding hydrogens is 425 g/mol. The molecule has 2 aromatic rings. The van der Waals surface area contributed by atoms with Crippen molar-refractivity contribution in [2.75, 3.05) is 32.9 Å². The number of nitrogens with zero attached hydrogens (tertiary/aromatic N) is 1. The molecule has 0 aromatic heterocycles. The summed E-state index contributed by atoms with van der Waals surface area (Å²) in [5, 5.41) is 0. The average Bonchev–Trinajstić information content (AvgIpc) is 2.72. The predicted molar refractivity (Wildman–Crippen MR) is 111 cm³/mol. The highest BCUT2D eigenvalue weighted by Gasteiger charge is 2.28. The first-order valence-corrected chi connectivity index (χ1v) is 11.2. The summed E-state index contributed by atoms with van der Waals surface area (Å²) >= 11 is 0. The fourth-order valence-electron chi connectivity index (χ4n) is 3.66. The van der Waals surface area contributed by atoms with Crippen LogP contribution in [0.3, 0.4) is 0 Å². The second-order valence-electron chi connectivity index (χ2n) is 7.43. The van der Waals surface area contributed by atoms with Crippen LogP contribution in [0.2, 0.25) is 0 Å². The number of carbonyl (C=O) groups excluding carboxylic acids is 2. The van der Waals surface area contributed by atoms with Crippen LogP contribution in [0.4, 0.5) is 4.39 Å². The topological polar surface area (TPSA) is 90.0 Å². The van der Waals surface area contributed by atoms with Crippen molar-refractivity contribution in [2.24, 2.45) is 0 Å². The van der Waals surface area contributed by atoms with E-state index in [4.69, 9.17) is 9.47 Å². The zero-order valence-corrected chi connectivity index (χ0v) is 18.4. The summed E-state index contributed by atoms with van der Waals surface area (Å²) in [6, 6.07) is 6.64. The van der Waals surface area contributed by atoms with Gasteiger partial charge in [-0.15, -0.1) is 0 Å². The van der Waals surface area contributed by atoms with Gasteiger partial charge in [-0.1, -0.05) is 17.7 Å². The first kappa shape index (κ1) is 23.1. The van der Waals surface area contributed by atoms with Crippen LogP contribution in [-0.2, 0) is 19.5 Å². The Labute approximate surface area is 180 Å². The van der Waals surface area contributed by atoms with Gasteiger partial charge in [0.25, 0.3) is 0 Å². The molecule has 0 N–H and O–H groups in total. The Morgan fingerprint density at radius 2 is 1.68 bits per heavy atom. The predicted octanol–water partition coefficient (Wildman–Crippen LogP) is 2.81. The molecule has 0 unspecified atom stereocenters. The molecule has 1 heterocycles. The Morgan fingerprint density at radius 1 is 1.06 bits per heavy atom. The number of carbonyl (C=O) groups is 2. The third kappa shape index (κ3) is 5.00. The first-order chi connectivity index (χ1) is 14.6. The fourth-order valence-corrected chi connectivity index (χ4v) is 5.09. The Hall–Kier alpha value is -2.62. The second kappa shape index (κ2) is 9.25. The highest BCUT2D eigenvalue weighted by atomic mass is 32.2. The highest BCUT2D eigenvalue weighted by molar-refractivity contribution is 7.89. The molecule has 9 heteroatoms. The van der Waals surface area contributed by atoms with Crippen molar-refractivity contribution in [2.45, 2.75) is 25.7 Å². The van der Waals surface area contributed by atoms with Crippen molar-refractivity contribution in [1.29, 1.82) is 0 Å². The molecule has 1 fully saturated rings.